The molecule has 8 nitrogen and oxygen atoms in total. The van der Waals surface area contributed by atoms with Crippen LogP contribution < -0.4 is 15.4 Å². The van der Waals surface area contributed by atoms with E-state index in [1.54, 1.807) is 43.1 Å². The van der Waals surface area contributed by atoms with Crippen LogP contribution in [0, 0.1) is 17.8 Å². The number of nitrogens with one attached hydrogen (secondary N) is 2. The Morgan fingerprint density at radius 2 is 2.00 bits per heavy atom. The summed E-state index contributed by atoms with van der Waals surface area (Å²) in [5.41, 5.74) is 0.606. The minimum atomic E-state index is -0.747. The molecule has 32 heavy (non-hydrogen) atoms. The third-order valence-corrected chi connectivity index (χ3v) is 9.12. The van der Waals surface area contributed by atoms with Gasteiger partial charge in [-0.3, -0.25) is 14.4 Å². The zero-order chi connectivity index (χ0) is 23.0. The van der Waals surface area contributed by atoms with Gasteiger partial charge in [0.15, 0.2) is 0 Å². The molecule has 3 heterocycles. The number of likely N-dealkylation sites (tertiary alicyclic amines) is 1. The quantitative estimate of drug-likeness (QED) is 0.541. The van der Waals surface area contributed by atoms with E-state index in [1.165, 1.54) is 4.90 Å². The lowest BCUT2D eigenvalue weighted by atomic mass is 9.66. The van der Waals surface area contributed by atoms with E-state index in [0.717, 1.165) is 12.8 Å². The van der Waals surface area contributed by atoms with E-state index < -0.39 is 22.6 Å². The van der Waals surface area contributed by atoms with Gasteiger partial charge in [0.05, 0.1) is 30.3 Å². The Balaban J connectivity index is 1.67. The Labute approximate surface area is 192 Å². The summed E-state index contributed by atoms with van der Waals surface area (Å²) in [5.74, 6) is -0.819. The molecule has 0 aromatic heterocycles. The molecule has 3 unspecified atom stereocenters. The number of β-amino-alcohol motifs (C(OH)–C–C–N with tert-alkyl or cyclic N) is 1. The molecule has 1 aromatic rings. The van der Waals surface area contributed by atoms with Crippen LogP contribution in [0.4, 0.5) is 5.69 Å². The highest BCUT2D eigenvalue weighted by Gasteiger charge is 2.75. The number of fused-ring (bicyclic) bond motifs is 1. The van der Waals surface area contributed by atoms with E-state index in [-0.39, 0.29) is 42.0 Å². The average molecular weight is 462 g/mol. The molecule has 0 radical (unpaired) electrons. The minimum absolute atomic E-state index is 0.0170. The van der Waals surface area contributed by atoms with Crippen LogP contribution in [-0.2, 0) is 14.4 Å². The summed E-state index contributed by atoms with van der Waals surface area (Å²) in [6.45, 7) is 4.46. The van der Waals surface area contributed by atoms with Crippen LogP contribution >= 0.6 is 11.8 Å². The number of aliphatic hydroxyl groups is 1. The van der Waals surface area contributed by atoms with Crippen LogP contribution in [0.25, 0.3) is 0 Å². The van der Waals surface area contributed by atoms with Gasteiger partial charge in [-0.1, -0.05) is 13.8 Å². The molecular formula is C23H31N3O5S. The number of carbonyl (C=O) groups excluding carboxylic acids is 3. The van der Waals surface area contributed by atoms with Crippen LogP contribution in [0.15, 0.2) is 24.3 Å². The van der Waals surface area contributed by atoms with Crippen LogP contribution in [0.2, 0.25) is 0 Å². The van der Waals surface area contributed by atoms with Gasteiger partial charge in [0.2, 0.25) is 17.7 Å². The van der Waals surface area contributed by atoms with Crippen molar-refractivity contribution in [3.8, 4) is 5.75 Å². The maximum absolute atomic E-state index is 13.6. The SMILES string of the molecule is CCCNC(=O)[C@@H]1[C@@H]2CC(C)C3(S2)C(C(=O)Nc2ccc(OC)cc2)N(CCO)C(=O)[C@H]13. The summed E-state index contributed by atoms with van der Waals surface area (Å²) in [6.07, 6.45) is 1.61. The topological polar surface area (TPSA) is 108 Å². The van der Waals surface area contributed by atoms with Gasteiger partial charge in [-0.05, 0) is 43.0 Å². The second kappa shape index (κ2) is 8.94. The molecule has 1 spiro atoms. The zero-order valence-corrected chi connectivity index (χ0v) is 19.5. The zero-order valence-electron chi connectivity index (χ0n) is 18.7. The van der Waals surface area contributed by atoms with Gasteiger partial charge >= 0.3 is 0 Å². The second-order valence-electron chi connectivity index (χ2n) is 8.82. The predicted octanol–water partition coefficient (Wildman–Crippen LogP) is 1.49. The van der Waals surface area contributed by atoms with Gasteiger partial charge < -0.3 is 25.4 Å². The van der Waals surface area contributed by atoms with E-state index >= 15 is 0 Å². The first-order valence-electron chi connectivity index (χ1n) is 11.2. The molecule has 0 saturated carbocycles. The predicted molar refractivity (Wildman–Crippen MR) is 122 cm³/mol. The van der Waals surface area contributed by atoms with Crippen molar-refractivity contribution < 1.29 is 24.2 Å². The molecule has 3 N–H and O–H groups in total. The van der Waals surface area contributed by atoms with Crippen LogP contribution in [0.5, 0.6) is 5.75 Å². The van der Waals surface area contributed by atoms with E-state index in [2.05, 4.69) is 17.6 Å². The second-order valence-corrected chi connectivity index (χ2v) is 10.4. The molecule has 3 amide bonds. The van der Waals surface area contributed by atoms with Crippen molar-refractivity contribution in [2.75, 3.05) is 32.1 Å². The van der Waals surface area contributed by atoms with Crippen molar-refractivity contribution in [1.82, 2.24) is 10.2 Å². The fourth-order valence-corrected chi connectivity index (χ4v) is 8.14. The highest BCUT2D eigenvalue weighted by atomic mass is 32.2. The van der Waals surface area contributed by atoms with Crippen molar-refractivity contribution >= 4 is 35.2 Å². The summed E-state index contributed by atoms with van der Waals surface area (Å²) in [7, 11) is 1.58. The molecule has 2 bridgehead atoms. The lowest BCUT2D eigenvalue weighted by Gasteiger charge is -2.38. The number of rotatable bonds is 8. The standard InChI is InChI=1S/C23H31N3O5S/c1-4-9-24-20(28)17-16-12-13(2)23(32-16)18(17)22(30)26(10-11-27)19(23)21(29)25-14-5-7-15(31-3)8-6-14/h5-8,13,16-19,27H,4,9-12H2,1-3H3,(H,24,28)(H,25,29)/t13?,16-,17+,18-,19?,23?/m0/s1. The maximum atomic E-state index is 13.6. The Hall–Kier alpha value is -2.26. The largest absolute Gasteiger partial charge is 0.497 e. The van der Waals surface area contributed by atoms with Gasteiger partial charge in [0.1, 0.15) is 11.8 Å². The molecule has 6 atom stereocenters. The summed E-state index contributed by atoms with van der Waals surface area (Å²) < 4.78 is 4.50. The molecule has 0 aliphatic carbocycles. The van der Waals surface area contributed by atoms with Crippen LogP contribution in [0.3, 0.4) is 0 Å². The number of nitrogens with zero attached hydrogens (tertiary/aromatic N) is 1. The molecule has 9 heteroatoms. The highest BCUT2D eigenvalue weighted by molar-refractivity contribution is 8.02. The van der Waals surface area contributed by atoms with Crippen molar-refractivity contribution in [3.05, 3.63) is 24.3 Å². The summed E-state index contributed by atoms with van der Waals surface area (Å²) in [6, 6.07) is 6.28. The fourth-order valence-electron chi connectivity index (χ4n) is 5.72. The first-order valence-corrected chi connectivity index (χ1v) is 12.1. The average Bonchev–Trinajstić information content (AvgIpc) is 3.37. The number of amides is 3. The molecule has 4 rings (SSSR count). The number of methoxy groups -OCH3 is 1. The van der Waals surface area contributed by atoms with Gasteiger partial charge in [-0.25, -0.2) is 0 Å². The van der Waals surface area contributed by atoms with E-state index in [0.29, 0.717) is 18.0 Å². The van der Waals surface area contributed by atoms with Crippen molar-refractivity contribution in [2.24, 2.45) is 17.8 Å². The lowest BCUT2D eigenvalue weighted by molar-refractivity contribution is -0.139. The molecule has 3 fully saturated rings. The number of benzene rings is 1. The van der Waals surface area contributed by atoms with Gasteiger partial charge in [-0.2, -0.15) is 0 Å². The van der Waals surface area contributed by atoms with Crippen LogP contribution in [0.1, 0.15) is 26.7 Å². The van der Waals surface area contributed by atoms with Crippen molar-refractivity contribution in [1.29, 1.82) is 0 Å². The molecule has 3 saturated heterocycles. The van der Waals surface area contributed by atoms with Gasteiger partial charge in [0, 0.05) is 24.0 Å². The number of hydrogen-bond donors (Lipinski definition) is 3. The number of hydrogen-bond acceptors (Lipinski definition) is 6. The number of anilines is 1. The highest BCUT2D eigenvalue weighted by Crippen LogP contribution is 2.68. The van der Waals surface area contributed by atoms with Crippen molar-refractivity contribution in [2.45, 2.75) is 42.7 Å². The molecular weight excluding hydrogens is 430 g/mol. The Morgan fingerprint density at radius 1 is 1.28 bits per heavy atom. The summed E-state index contributed by atoms with van der Waals surface area (Å²) in [4.78, 5) is 41.7. The first-order chi connectivity index (χ1) is 15.4. The first kappa shape index (κ1) is 22.9. The number of carbonyl (C=O) groups is 3. The minimum Gasteiger partial charge on any atom is -0.497 e. The van der Waals surface area contributed by atoms with E-state index in [4.69, 9.17) is 4.74 Å². The fraction of sp³-hybridized carbons (Fsp3) is 0.609. The number of thioether (sulfide) groups is 1. The third kappa shape index (κ3) is 3.46. The summed E-state index contributed by atoms with van der Waals surface area (Å²) in [5, 5.41) is 15.6. The molecule has 3 aliphatic rings. The smallest absolute Gasteiger partial charge is 0.248 e. The van der Waals surface area contributed by atoms with Crippen LogP contribution in [-0.4, -0.2) is 70.6 Å². The monoisotopic (exact) mass is 461 g/mol. The normalized spacial score (nSPS) is 32.7. The van der Waals surface area contributed by atoms with Crippen molar-refractivity contribution in [3.63, 3.8) is 0 Å². The van der Waals surface area contributed by atoms with Gasteiger partial charge in [0.25, 0.3) is 0 Å². The number of ether oxygens (including phenoxy) is 1. The Morgan fingerprint density at radius 3 is 2.62 bits per heavy atom. The molecule has 3 aliphatic heterocycles. The third-order valence-electron chi connectivity index (χ3n) is 7.04. The summed E-state index contributed by atoms with van der Waals surface area (Å²) >= 11 is 1.63. The Kier molecular flexibility index (Phi) is 6.40. The number of aliphatic hydroxyl groups excluding tert-OH is 1. The van der Waals surface area contributed by atoms with Gasteiger partial charge in [-0.15, -0.1) is 11.8 Å². The Bertz CT molecular complexity index is 894. The molecule has 174 valence electrons. The maximum Gasteiger partial charge on any atom is 0.248 e. The van der Waals surface area contributed by atoms with E-state index in [9.17, 15) is 19.5 Å². The lowest BCUT2D eigenvalue weighted by Crippen LogP contribution is -2.55. The van der Waals surface area contributed by atoms with E-state index in [1.807, 2.05) is 6.92 Å². The molecule has 1 aromatic carbocycles.